The molecule has 0 radical (unpaired) electrons. The summed E-state index contributed by atoms with van der Waals surface area (Å²) in [6, 6.07) is 3.18. The van der Waals surface area contributed by atoms with Crippen LogP contribution < -0.4 is 10.2 Å². The van der Waals surface area contributed by atoms with Crippen molar-refractivity contribution in [3.05, 3.63) is 23.5 Å². The average molecular weight is 292 g/mol. The Morgan fingerprint density at radius 2 is 2.05 bits per heavy atom. The van der Waals surface area contributed by atoms with Crippen LogP contribution in [-0.4, -0.2) is 23.6 Å². The third-order valence-corrected chi connectivity index (χ3v) is 4.83. The van der Waals surface area contributed by atoms with E-state index in [0.717, 1.165) is 13.0 Å². The molecular formula is C16H21FN2O2. The van der Waals surface area contributed by atoms with Crippen LogP contribution in [0.3, 0.4) is 0 Å². The van der Waals surface area contributed by atoms with Crippen LogP contribution in [0.2, 0.25) is 0 Å². The summed E-state index contributed by atoms with van der Waals surface area (Å²) < 4.78 is 14.5. The number of nitrogens with zero attached hydrogens (tertiary/aromatic N) is 1. The molecule has 1 aromatic rings. The van der Waals surface area contributed by atoms with Crippen LogP contribution in [0.25, 0.3) is 0 Å². The lowest BCUT2D eigenvalue weighted by Gasteiger charge is -2.42. The SMILES string of the molecule is CC1CC(C)C(C)N(c2cc3c(cc2F)C(O)C(=O)N3)C1. The van der Waals surface area contributed by atoms with Crippen molar-refractivity contribution in [2.24, 2.45) is 11.8 Å². The summed E-state index contributed by atoms with van der Waals surface area (Å²) >= 11 is 0. The Bertz CT molecular complexity index is 590. The number of carbonyl (C=O) groups is 1. The van der Waals surface area contributed by atoms with E-state index in [1.54, 1.807) is 6.07 Å². The number of aliphatic hydroxyl groups is 1. The molecule has 1 aromatic carbocycles. The molecular weight excluding hydrogens is 271 g/mol. The van der Waals surface area contributed by atoms with E-state index in [-0.39, 0.29) is 11.9 Å². The minimum Gasteiger partial charge on any atom is -0.378 e. The number of nitrogens with one attached hydrogen (secondary N) is 1. The molecule has 4 nitrogen and oxygen atoms in total. The third-order valence-electron chi connectivity index (χ3n) is 4.83. The van der Waals surface area contributed by atoms with Crippen molar-refractivity contribution in [3.8, 4) is 0 Å². The van der Waals surface area contributed by atoms with E-state index in [0.29, 0.717) is 28.8 Å². The molecule has 0 saturated carbocycles. The molecule has 4 unspecified atom stereocenters. The minimum absolute atomic E-state index is 0.246. The first-order chi connectivity index (χ1) is 9.88. The predicted octanol–water partition coefficient (Wildman–Crippen LogP) is 2.68. The normalized spacial score (nSPS) is 32.0. The summed E-state index contributed by atoms with van der Waals surface area (Å²) in [7, 11) is 0. The van der Waals surface area contributed by atoms with E-state index >= 15 is 0 Å². The fourth-order valence-corrected chi connectivity index (χ4v) is 3.51. The largest absolute Gasteiger partial charge is 0.378 e. The van der Waals surface area contributed by atoms with Gasteiger partial charge in [-0.25, -0.2) is 4.39 Å². The molecule has 2 aliphatic heterocycles. The topological polar surface area (TPSA) is 52.6 Å². The third kappa shape index (κ3) is 2.29. The number of halogens is 1. The highest BCUT2D eigenvalue weighted by atomic mass is 19.1. The van der Waals surface area contributed by atoms with Crippen molar-refractivity contribution < 1.29 is 14.3 Å². The standard InChI is InChI=1S/C16H21FN2O2/c1-8-4-9(2)10(3)19(7-8)14-6-13-11(5-12(14)17)15(20)16(21)18-13/h5-6,8-10,15,20H,4,7H2,1-3H3,(H,18,21). The molecule has 4 atom stereocenters. The lowest BCUT2D eigenvalue weighted by Crippen LogP contribution is -2.46. The van der Waals surface area contributed by atoms with Crippen molar-refractivity contribution in [2.45, 2.75) is 39.3 Å². The summed E-state index contributed by atoms with van der Waals surface area (Å²) in [5, 5.41) is 12.3. The van der Waals surface area contributed by atoms with E-state index in [2.05, 4.69) is 31.0 Å². The highest BCUT2D eigenvalue weighted by Crippen LogP contribution is 2.39. The fraction of sp³-hybridized carbons (Fsp3) is 0.562. The van der Waals surface area contributed by atoms with Crippen molar-refractivity contribution in [1.82, 2.24) is 0 Å². The molecule has 114 valence electrons. The van der Waals surface area contributed by atoms with Gasteiger partial charge >= 0.3 is 0 Å². The first-order valence-corrected chi connectivity index (χ1v) is 7.47. The molecule has 21 heavy (non-hydrogen) atoms. The Morgan fingerprint density at radius 1 is 1.33 bits per heavy atom. The number of piperidine rings is 1. The van der Waals surface area contributed by atoms with Gasteiger partial charge in [0, 0.05) is 23.8 Å². The Hall–Kier alpha value is -1.62. The molecule has 0 bridgehead atoms. The van der Waals surface area contributed by atoms with E-state index in [1.807, 2.05) is 0 Å². The van der Waals surface area contributed by atoms with Crippen LogP contribution in [0.15, 0.2) is 12.1 Å². The van der Waals surface area contributed by atoms with Crippen molar-refractivity contribution in [3.63, 3.8) is 0 Å². The van der Waals surface area contributed by atoms with Gasteiger partial charge in [-0.3, -0.25) is 4.79 Å². The van der Waals surface area contributed by atoms with Gasteiger partial charge in [-0.15, -0.1) is 0 Å². The van der Waals surface area contributed by atoms with Crippen molar-refractivity contribution >= 4 is 17.3 Å². The lowest BCUT2D eigenvalue weighted by atomic mass is 9.85. The van der Waals surface area contributed by atoms with Gasteiger partial charge in [0.15, 0.2) is 6.10 Å². The number of rotatable bonds is 1. The lowest BCUT2D eigenvalue weighted by molar-refractivity contribution is -0.123. The monoisotopic (exact) mass is 292 g/mol. The molecule has 3 rings (SSSR count). The molecule has 2 N–H and O–H groups in total. The number of anilines is 2. The molecule has 2 heterocycles. The quantitative estimate of drug-likeness (QED) is 0.836. The second-order valence-corrected chi connectivity index (χ2v) is 6.49. The Labute approximate surface area is 124 Å². The molecule has 1 amide bonds. The van der Waals surface area contributed by atoms with Crippen LogP contribution in [-0.2, 0) is 4.79 Å². The molecule has 0 aromatic heterocycles. The Balaban J connectivity index is 2.00. The zero-order chi connectivity index (χ0) is 15.3. The number of fused-ring (bicyclic) bond motifs is 1. The summed E-state index contributed by atoms with van der Waals surface area (Å²) in [6.07, 6.45) is -0.125. The van der Waals surface area contributed by atoms with Crippen molar-refractivity contribution in [1.29, 1.82) is 0 Å². The van der Waals surface area contributed by atoms with E-state index in [1.165, 1.54) is 6.07 Å². The van der Waals surface area contributed by atoms with Gasteiger partial charge in [-0.1, -0.05) is 13.8 Å². The maximum absolute atomic E-state index is 14.5. The van der Waals surface area contributed by atoms with Crippen LogP contribution in [0.1, 0.15) is 38.9 Å². The van der Waals surface area contributed by atoms with Crippen LogP contribution >= 0.6 is 0 Å². The summed E-state index contributed by atoms with van der Waals surface area (Å²) in [4.78, 5) is 13.6. The van der Waals surface area contributed by atoms with Gasteiger partial charge in [-0.05, 0) is 37.3 Å². The molecule has 0 spiro atoms. The van der Waals surface area contributed by atoms with Crippen molar-refractivity contribution in [2.75, 3.05) is 16.8 Å². The smallest absolute Gasteiger partial charge is 0.257 e. The van der Waals surface area contributed by atoms with Gasteiger partial charge < -0.3 is 15.3 Å². The van der Waals surface area contributed by atoms with E-state index in [4.69, 9.17) is 0 Å². The van der Waals surface area contributed by atoms with Gasteiger partial charge in [0.1, 0.15) is 5.82 Å². The second-order valence-electron chi connectivity index (χ2n) is 6.49. The number of benzene rings is 1. The predicted molar refractivity (Wildman–Crippen MR) is 79.7 cm³/mol. The molecule has 5 heteroatoms. The van der Waals surface area contributed by atoms with E-state index in [9.17, 15) is 14.3 Å². The fourth-order valence-electron chi connectivity index (χ4n) is 3.51. The molecule has 1 saturated heterocycles. The highest BCUT2D eigenvalue weighted by Gasteiger charge is 2.34. The number of aliphatic hydroxyl groups excluding tert-OH is 1. The highest BCUT2D eigenvalue weighted by molar-refractivity contribution is 6.02. The molecule has 2 aliphatic rings. The summed E-state index contributed by atoms with van der Waals surface area (Å²) in [5.74, 6) is 0.123. The second kappa shape index (κ2) is 4.98. The zero-order valence-electron chi connectivity index (χ0n) is 12.6. The number of carbonyl (C=O) groups excluding carboxylic acids is 1. The number of amides is 1. The summed E-state index contributed by atoms with van der Waals surface area (Å²) in [5.41, 5.74) is 1.35. The Kier molecular flexibility index (Phi) is 3.40. The molecule has 0 aliphatic carbocycles. The first-order valence-electron chi connectivity index (χ1n) is 7.47. The first kappa shape index (κ1) is 14.3. The van der Waals surface area contributed by atoms with Gasteiger partial charge in [0.2, 0.25) is 0 Å². The van der Waals surface area contributed by atoms with Crippen LogP contribution in [0, 0.1) is 17.7 Å². The average Bonchev–Trinajstić information content (AvgIpc) is 2.69. The van der Waals surface area contributed by atoms with Crippen LogP contribution in [0.4, 0.5) is 15.8 Å². The number of hydrogen-bond acceptors (Lipinski definition) is 3. The maximum Gasteiger partial charge on any atom is 0.257 e. The van der Waals surface area contributed by atoms with E-state index < -0.39 is 12.0 Å². The van der Waals surface area contributed by atoms with Crippen LogP contribution in [0.5, 0.6) is 0 Å². The Morgan fingerprint density at radius 3 is 2.76 bits per heavy atom. The molecule has 1 fully saturated rings. The number of hydrogen-bond donors (Lipinski definition) is 2. The van der Waals surface area contributed by atoms with Gasteiger partial charge in [-0.2, -0.15) is 0 Å². The zero-order valence-corrected chi connectivity index (χ0v) is 12.6. The minimum atomic E-state index is -1.26. The van der Waals surface area contributed by atoms with Gasteiger partial charge in [0.25, 0.3) is 5.91 Å². The van der Waals surface area contributed by atoms with Gasteiger partial charge in [0.05, 0.1) is 5.69 Å². The summed E-state index contributed by atoms with van der Waals surface area (Å²) in [6.45, 7) is 7.27. The maximum atomic E-state index is 14.5.